The largest absolute Gasteiger partial charge is 0.475 e. The Kier molecular flexibility index (Phi) is 5.16. The van der Waals surface area contributed by atoms with Crippen molar-refractivity contribution in [3.8, 4) is 0 Å². The summed E-state index contributed by atoms with van der Waals surface area (Å²) >= 11 is 0. The number of ether oxygens (including phenoxy) is 1. The van der Waals surface area contributed by atoms with E-state index in [1.165, 1.54) is 6.07 Å². The maximum absolute atomic E-state index is 12.0. The number of nitrogens with one attached hydrogen (secondary N) is 1. The average Bonchev–Trinajstić information content (AvgIpc) is 2.90. The lowest BCUT2D eigenvalue weighted by atomic mass is 10.2. The van der Waals surface area contributed by atoms with Crippen molar-refractivity contribution in [3.05, 3.63) is 30.0 Å². The molecule has 1 aromatic carbocycles. The third-order valence-corrected chi connectivity index (χ3v) is 3.23. The molecule has 0 aliphatic carbocycles. The van der Waals surface area contributed by atoms with Gasteiger partial charge in [0.05, 0.1) is 0 Å². The third kappa shape index (κ3) is 3.85. The van der Waals surface area contributed by atoms with E-state index in [0.717, 1.165) is 12.8 Å². The molecule has 0 aliphatic heterocycles. The Labute approximate surface area is 128 Å². The van der Waals surface area contributed by atoms with Gasteiger partial charge >= 0.3 is 5.97 Å². The first-order chi connectivity index (χ1) is 10.5. The number of amides is 1. The number of rotatable bonds is 7. The number of benzene rings is 1. The molecule has 0 radical (unpaired) electrons. The normalized spacial score (nSPS) is 12.3. The van der Waals surface area contributed by atoms with Crippen molar-refractivity contribution in [2.24, 2.45) is 0 Å². The van der Waals surface area contributed by atoms with Crippen LogP contribution in [0.15, 0.2) is 28.7 Å². The number of carbonyl (C=O) groups is 2. The van der Waals surface area contributed by atoms with E-state index in [0.29, 0.717) is 23.3 Å². The maximum atomic E-state index is 12.0. The molecule has 0 saturated carbocycles. The fourth-order valence-electron chi connectivity index (χ4n) is 1.95. The minimum Gasteiger partial charge on any atom is -0.475 e. The van der Waals surface area contributed by atoms with Crippen molar-refractivity contribution in [1.29, 1.82) is 0 Å². The van der Waals surface area contributed by atoms with E-state index in [1.807, 2.05) is 0 Å². The van der Waals surface area contributed by atoms with Crippen LogP contribution in [0.2, 0.25) is 0 Å². The van der Waals surface area contributed by atoms with Gasteiger partial charge in [0.15, 0.2) is 0 Å². The molecule has 6 nitrogen and oxygen atoms in total. The summed E-state index contributed by atoms with van der Waals surface area (Å²) in [6.45, 7) is 4.30. The van der Waals surface area contributed by atoms with E-state index < -0.39 is 12.1 Å². The highest BCUT2D eigenvalue weighted by molar-refractivity contribution is 5.97. The Morgan fingerprint density at radius 3 is 2.82 bits per heavy atom. The lowest BCUT2D eigenvalue weighted by molar-refractivity contribution is -0.126. The minimum absolute atomic E-state index is 0.130. The molecule has 6 heteroatoms. The van der Waals surface area contributed by atoms with Crippen molar-refractivity contribution in [1.82, 2.24) is 0 Å². The number of fused-ring (bicyclic) bond motifs is 1. The van der Waals surface area contributed by atoms with E-state index >= 15 is 0 Å². The number of anilines is 1. The van der Waals surface area contributed by atoms with Gasteiger partial charge in [0.25, 0.3) is 5.91 Å². The number of unbranched alkanes of at least 4 members (excludes halogenated alkanes) is 1. The van der Waals surface area contributed by atoms with E-state index in [9.17, 15) is 9.59 Å². The minimum atomic E-state index is -1.13. The molecule has 0 fully saturated rings. The summed E-state index contributed by atoms with van der Waals surface area (Å²) in [7, 11) is 0. The number of carboxylic acids is 1. The number of hydrogen-bond acceptors (Lipinski definition) is 4. The number of carbonyl (C=O) groups excluding carboxylic acids is 1. The summed E-state index contributed by atoms with van der Waals surface area (Å²) in [4.78, 5) is 22.9. The fourth-order valence-corrected chi connectivity index (χ4v) is 1.95. The van der Waals surface area contributed by atoms with Crippen LogP contribution in [-0.4, -0.2) is 29.7 Å². The Hall–Kier alpha value is -2.34. The Morgan fingerprint density at radius 1 is 1.36 bits per heavy atom. The predicted molar refractivity (Wildman–Crippen MR) is 82.1 cm³/mol. The number of aromatic carboxylic acids is 1. The molecule has 1 aromatic heterocycles. The molecule has 0 aliphatic rings. The monoisotopic (exact) mass is 305 g/mol. The SMILES string of the molecule is CCCCOC(C)C(=O)Nc1ccc2oc(C(=O)O)cc2c1. The first kappa shape index (κ1) is 16.0. The van der Waals surface area contributed by atoms with Gasteiger partial charge in [-0.15, -0.1) is 0 Å². The summed E-state index contributed by atoms with van der Waals surface area (Å²) in [6.07, 6.45) is 1.38. The van der Waals surface area contributed by atoms with Crippen molar-refractivity contribution in [2.75, 3.05) is 11.9 Å². The zero-order valence-electron chi connectivity index (χ0n) is 12.6. The van der Waals surface area contributed by atoms with E-state index in [4.69, 9.17) is 14.3 Å². The van der Waals surface area contributed by atoms with E-state index in [1.54, 1.807) is 25.1 Å². The number of furan rings is 1. The predicted octanol–water partition coefficient (Wildman–Crippen LogP) is 3.27. The molecule has 0 bridgehead atoms. The van der Waals surface area contributed by atoms with Crippen LogP contribution in [-0.2, 0) is 9.53 Å². The maximum Gasteiger partial charge on any atom is 0.371 e. The number of hydrogen-bond donors (Lipinski definition) is 2. The summed E-state index contributed by atoms with van der Waals surface area (Å²) in [5.74, 6) is -1.49. The average molecular weight is 305 g/mol. The van der Waals surface area contributed by atoms with Crippen molar-refractivity contribution < 1.29 is 23.8 Å². The van der Waals surface area contributed by atoms with E-state index in [2.05, 4.69) is 12.2 Å². The Balaban J connectivity index is 2.04. The van der Waals surface area contributed by atoms with Crippen LogP contribution in [0, 0.1) is 0 Å². The molecule has 2 aromatic rings. The first-order valence-electron chi connectivity index (χ1n) is 7.20. The molecule has 1 amide bonds. The molecule has 118 valence electrons. The van der Waals surface area contributed by atoms with Gasteiger partial charge in [-0.2, -0.15) is 0 Å². The first-order valence-corrected chi connectivity index (χ1v) is 7.20. The van der Waals surface area contributed by atoms with Gasteiger partial charge in [-0.25, -0.2) is 4.79 Å². The molecule has 0 spiro atoms. The molecule has 1 heterocycles. The Bertz CT molecular complexity index is 676. The third-order valence-electron chi connectivity index (χ3n) is 3.23. The van der Waals surface area contributed by atoms with Crippen LogP contribution >= 0.6 is 0 Å². The zero-order chi connectivity index (χ0) is 16.1. The molecule has 2 N–H and O–H groups in total. The van der Waals surface area contributed by atoms with Crippen LogP contribution in [0.3, 0.4) is 0 Å². The van der Waals surface area contributed by atoms with Gasteiger partial charge < -0.3 is 19.6 Å². The van der Waals surface area contributed by atoms with Crippen LogP contribution in [0.25, 0.3) is 11.0 Å². The lowest BCUT2D eigenvalue weighted by Gasteiger charge is -2.13. The Morgan fingerprint density at radius 2 is 2.14 bits per heavy atom. The van der Waals surface area contributed by atoms with Gasteiger partial charge in [0.1, 0.15) is 11.7 Å². The second-order valence-electron chi connectivity index (χ2n) is 5.02. The van der Waals surface area contributed by atoms with Gasteiger partial charge in [0.2, 0.25) is 5.76 Å². The molecule has 2 rings (SSSR count). The second kappa shape index (κ2) is 7.09. The fraction of sp³-hybridized carbons (Fsp3) is 0.375. The van der Waals surface area contributed by atoms with Gasteiger partial charge in [-0.1, -0.05) is 13.3 Å². The van der Waals surface area contributed by atoms with Crippen molar-refractivity contribution >= 4 is 28.5 Å². The highest BCUT2D eigenvalue weighted by Gasteiger charge is 2.15. The highest BCUT2D eigenvalue weighted by Crippen LogP contribution is 2.23. The van der Waals surface area contributed by atoms with Gasteiger partial charge in [0, 0.05) is 17.7 Å². The summed E-state index contributed by atoms with van der Waals surface area (Å²) in [5, 5.41) is 12.3. The zero-order valence-corrected chi connectivity index (χ0v) is 12.6. The summed E-state index contributed by atoms with van der Waals surface area (Å²) in [6, 6.07) is 6.38. The van der Waals surface area contributed by atoms with Gasteiger partial charge in [-0.05, 0) is 37.6 Å². The summed E-state index contributed by atoms with van der Waals surface area (Å²) in [5.41, 5.74) is 1.03. The topological polar surface area (TPSA) is 88.8 Å². The van der Waals surface area contributed by atoms with E-state index in [-0.39, 0.29) is 11.7 Å². The van der Waals surface area contributed by atoms with Crippen molar-refractivity contribution in [3.63, 3.8) is 0 Å². The molecule has 0 saturated heterocycles. The summed E-state index contributed by atoms with van der Waals surface area (Å²) < 4.78 is 10.6. The van der Waals surface area contributed by atoms with Crippen LogP contribution in [0.1, 0.15) is 37.2 Å². The lowest BCUT2D eigenvalue weighted by Crippen LogP contribution is -2.28. The van der Waals surface area contributed by atoms with Crippen LogP contribution in [0.5, 0.6) is 0 Å². The highest BCUT2D eigenvalue weighted by atomic mass is 16.5. The smallest absolute Gasteiger partial charge is 0.371 e. The molecular formula is C16H19NO5. The molecule has 22 heavy (non-hydrogen) atoms. The molecular weight excluding hydrogens is 286 g/mol. The van der Waals surface area contributed by atoms with Crippen LogP contribution in [0.4, 0.5) is 5.69 Å². The second-order valence-corrected chi connectivity index (χ2v) is 5.02. The van der Waals surface area contributed by atoms with Crippen molar-refractivity contribution in [2.45, 2.75) is 32.8 Å². The quantitative estimate of drug-likeness (QED) is 0.766. The molecule has 1 unspecified atom stereocenters. The number of carboxylic acid groups (broad SMARTS) is 1. The molecule has 1 atom stereocenters. The van der Waals surface area contributed by atoms with Crippen LogP contribution < -0.4 is 5.32 Å². The van der Waals surface area contributed by atoms with Gasteiger partial charge in [-0.3, -0.25) is 4.79 Å². The standard InChI is InChI=1S/C16H19NO5/c1-3-4-7-21-10(2)15(18)17-12-5-6-13-11(8-12)9-14(22-13)16(19)20/h5-6,8-10H,3-4,7H2,1-2H3,(H,17,18)(H,19,20).